The fourth-order valence-electron chi connectivity index (χ4n) is 5.71. The zero-order chi connectivity index (χ0) is 29.2. The first-order valence-electron chi connectivity index (χ1n) is 13.8. The van der Waals surface area contributed by atoms with Gasteiger partial charge in [-0.05, 0) is 80.8 Å². The van der Waals surface area contributed by atoms with Gasteiger partial charge < -0.3 is 14.8 Å². The van der Waals surface area contributed by atoms with E-state index < -0.39 is 35.5 Å². The topological polar surface area (TPSA) is 109 Å². The van der Waals surface area contributed by atoms with Crippen molar-refractivity contribution in [1.29, 1.82) is 5.26 Å². The van der Waals surface area contributed by atoms with Crippen molar-refractivity contribution in [3.63, 3.8) is 0 Å². The van der Waals surface area contributed by atoms with Crippen LogP contribution >= 0.6 is 0 Å². The molecule has 1 aliphatic carbocycles. The lowest BCUT2D eigenvalue weighted by atomic mass is 9.96. The Morgan fingerprint density at radius 3 is 2.55 bits per heavy atom. The Hall–Kier alpha value is -3.93. The summed E-state index contributed by atoms with van der Waals surface area (Å²) in [6.07, 6.45) is 1.84. The molecule has 2 aromatic carbocycles. The summed E-state index contributed by atoms with van der Waals surface area (Å²) in [7, 11) is 0. The lowest BCUT2D eigenvalue weighted by Crippen LogP contribution is -2.55. The van der Waals surface area contributed by atoms with Crippen LogP contribution in [0.25, 0.3) is 11.1 Å². The van der Waals surface area contributed by atoms with Gasteiger partial charge in [-0.15, -0.1) is 0 Å². The normalized spacial score (nSPS) is 21.5. The maximum Gasteiger partial charge on any atom is 0.411 e. The molecule has 2 heterocycles. The summed E-state index contributed by atoms with van der Waals surface area (Å²) in [4.78, 5) is 39.3. The van der Waals surface area contributed by atoms with E-state index in [1.165, 1.54) is 11.0 Å². The molecule has 2 aromatic rings. The van der Waals surface area contributed by atoms with Crippen LogP contribution in [0, 0.1) is 23.1 Å². The highest BCUT2D eigenvalue weighted by Crippen LogP contribution is 2.43. The number of piperidine rings is 1. The summed E-state index contributed by atoms with van der Waals surface area (Å²) in [6, 6.07) is 10.3. The Balaban J connectivity index is 0.00000181. The molecule has 2 aliphatic heterocycles. The van der Waals surface area contributed by atoms with Gasteiger partial charge in [0.15, 0.2) is 0 Å². The fourth-order valence-corrected chi connectivity index (χ4v) is 5.71. The summed E-state index contributed by atoms with van der Waals surface area (Å²) in [5.74, 6) is -1.27. The van der Waals surface area contributed by atoms with Gasteiger partial charge in [0.25, 0.3) is 0 Å². The van der Waals surface area contributed by atoms with Gasteiger partial charge in [-0.25, -0.2) is 14.0 Å². The summed E-state index contributed by atoms with van der Waals surface area (Å²) in [5.41, 5.74) is 2.24. The number of likely N-dealkylation sites (tertiary alicyclic amines) is 1. The van der Waals surface area contributed by atoms with Crippen LogP contribution in [-0.2, 0) is 27.3 Å². The summed E-state index contributed by atoms with van der Waals surface area (Å²) >= 11 is 0. The smallest absolute Gasteiger partial charge is 0.411 e. The van der Waals surface area contributed by atoms with E-state index in [1.807, 2.05) is 13.8 Å². The first-order valence-corrected chi connectivity index (χ1v) is 13.8. The van der Waals surface area contributed by atoms with Gasteiger partial charge in [0.2, 0.25) is 5.91 Å². The van der Waals surface area contributed by atoms with Crippen molar-refractivity contribution in [2.24, 2.45) is 5.92 Å². The van der Waals surface area contributed by atoms with E-state index in [0.717, 1.165) is 30.4 Å². The standard InChI is InChI=1S/C29H30FN3O5.C2H6/c1-29(2,3)38-28(36)33-22-8-6-19(12-22)25(33)26(34)32-21(14-31)11-18-5-4-17(13-24(18)30)16-7-9-23-20(10-16)15-37-27(23)35;1-2/h4-5,7,9-10,13,19,21-22,25H,6,8,11-12,15H2,1-3H3,(H,32,34);1-2H3/t19?,21-,22?,25?;/m0./s1. The average molecular weight is 550 g/mol. The van der Waals surface area contributed by atoms with Gasteiger partial charge in [0.05, 0.1) is 11.6 Å². The molecule has 9 heteroatoms. The van der Waals surface area contributed by atoms with Crippen LogP contribution in [0.1, 0.15) is 75.4 Å². The Kier molecular flexibility index (Phi) is 8.48. The molecule has 5 rings (SSSR count). The van der Waals surface area contributed by atoms with Crippen molar-refractivity contribution in [3.8, 4) is 17.2 Å². The minimum absolute atomic E-state index is 0.0101. The van der Waals surface area contributed by atoms with E-state index in [9.17, 15) is 19.6 Å². The molecule has 3 aliphatic rings. The maximum atomic E-state index is 15.1. The minimum atomic E-state index is -0.967. The first kappa shape index (κ1) is 29.1. The number of ether oxygens (including phenoxy) is 2. The molecular formula is C31H36FN3O5. The highest BCUT2D eigenvalue weighted by molar-refractivity contribution is 5.94. The third kappa shape index (κ3) is 5.96. The Labute approximate surface area is 234 Å². The van der Waals surface area contributed by atoms with E-state index in [4.69, 9.17) is 9.47 Å². The highest BCUT2D eigenvalue weighted by Gasteiger charge is 2.52. The Morgan fingerprint density at radius 1 is 1.18 bits per heavy atom. The molecule has 40 heavy (non-hydrogen) atoms. The van der Waals surface area contributed by atoms with Crippen molar-refractivity contribution < 1.29 is 28.2 Å². The zero-order valence-electron chi connectivity index (χ0n) is 23.6. The van der Waals surface area contributed by atoms with Crippen LogP contribution in [0.2, 0.25) is 0 Å². The van der Waals surface area contributed by atoms with Crippen molar-refractivity contribution >= 4 is 18.0 Å². The van der Waals surface area contributed by atoms with Crippen molar-refractivity contribution in [3.05, 3.63) is 58.9 Å². The van der Waals surface area contributed by atoms with Gasteiger partial charge in [0.1, 0.15) is 30.1 Å². The summed E-state index contributed by atoms with van der Waals surface area (Å²) in [6.45, 7) is 9.53. The fraction of sp³-hybridized carbons (Fsp3) is 0.484. The summed E-state index contributed by atoms with van der Waals surface area (Å²) < 4.78 is 25.7. The number of nitrogens with zero attached hydrogens (tertiary/aromatic N) is 2. The number of nitrogens with one attached hydrogen (secondary N) is 1. The first-order chi connectivity index (χ1) is 19.0. The van der Waals surface area contributed by atoms with E-state index in [0.29, 0.717) is 11.1 Å². The average Bonchev–Trinajstić information content (AvgIpc) is 3.64. The number of carbonyl (C=O) groups excluding carboxylic acids is 3. The van der Waals surface area contributed by atoms with Crippen LogP contribution in [0.5, 0.6) is 0 Å². The van der Waals surface area contributed by atoms with E-state index in [1.54, 1.807) is 51.1 Å². The second-order valence-electron chi connectivity index (χ2n) is 11.2. The summed E-state index contributed by atoms with van der Waals surface area (Å²) in [5, 5.41) is 12.5. The monoisotopic (exact) mass is 549 g/mol. The number of esters is 1. The van der Waals surface area contributed by atoms with Gasteiger partial charge in [-0.2, -0.15) is 5.26 Å². The molecule has 2 fully saturated rings. The number of carbonyl (C=O) groups is 3. The second kappa shape index (κ2) is 11.7. The number of hydrogen-bond acceptors (Lipinski definition) is 6. The van der Waals surface area contributed by atoms with Gasteiger partial charge in [-0.1, -0.05) is 32.0 Å². The molecule has 4 atom stereocenters. The molecule has 3 unspecified atom stereocenters. The maximum absolute atomic E-state index is 15.1. The van der Waals surface area contributed by atoms with Crippen molar-refractivity contribution in [2.45, 2.75) is 90.6 Å². The van der Waals surface area contributed by atoms with E-state index in [2.05, 4.69) is 11.4 Å². The third-order valence-corrected chi connectivity index (χ3v) is 7.42. The zero-order valence-corrected chi connectivity index (χ0v) is 23.6. The van der Waals surface area contributed by atoms with E-state index in [-0.39, 0.29) is 36.5 Å². The van der Waals surface area contributed by atoms with Crippen LogP contribution < -0.4 is 5.32 Å². The number of benzene rings is 2. The molecule has 212 valence electrons. The van der Waals surface area contributed by atoms with Crippen LogP contribution in [-0.4, -0.2) is 46.6 Å². The Morgan fingerprint density at radius 2 is 1.88 bits per heavy atom. The van der Waals surface area contributed by atoms with Gasteiger partial charge in [0, 0.05) is 18.0 Å². The SMILES string of the molecule is CC.CC(C)(C)OC(=O)N1C2CCC(C2)C1C(=O)N[C@H](C#N)Cc1ccc(-c2ccc3c(c2)COC3=O)cc1F. The van der Waals surface area contributed by atoms with Crippen LogP contribution in [0.15, 0.2) is 36.4 Å². The molecule has 0 aromatic heterocycles. The number of fused-ring (bicyclic) bond motifs is 3. The number of cyclic esters (lactones) is 1. The number of hydrogen-bond donors (Lipinski definition) is 1. The lowest BCUT2D eigenvalue weighted by molar-refractivity contribution is -0.128. The molecule has 8 nitrogen and oxygen atoms in total. The molecule has 1 saturated carbocycles. The highest BCUT2D eigenvalue weighted by atomic mass is 19.1. The quantitative estimate of drug-likeness (QED) is 0.492. The lowest BCUT2D eigenvalue weighted by Gasteiger charge is -2.35. The predicted molar refractivity (Wildman–Crippen MR) is 147 cm³/mol. The molecule has 2 bridgehead atoms. The number of halogens is 1. The van der Waals surface area contributed by atoms with Crippen molar-refractivity contribution in [2.75, 3.05) is 0 Å². The molecule has 1 saturated heterocycles. The van der Waals surface area contributed by atoms with E-state index >= 15 is 4.39 Å². The number of rotatable bonds is 5. The molecule has 2 amide bonds. The van der Waals surface area contributed by atoms with Gasteiger partial charge >= 0.3 is 12.1 Å². The predicted octanol–water partition coefficient (Wildman–Crippen LogP) is 5.53. The molecule has 0 spiro atoms. The van der Waals surface area contributed by atoms with Crippen molar-refractivity contribution in [1.82, 2.24) is 10.2 Å². The largest absolute Gasteiger partial charge is 0.457 e. The molecule has 0 radical (unpaired) electrons. The minimum Gasteiger partial charge on any atom is -0.457 e. The molecular weight excluding hydrogens is 513 g/mol. The second-order valence-corrected chi connectivity index (χ2v) is 11.2. The van der Waals surface area contributed by atoms with Crippen LogP contribution in [0.4, 0.5) is 9.18 Å². The number of amides is 2. The number of nitriles is 1. The third-order valence-electron chi connectivity index (χ3n) is 7.42. The molecule has 1 N–H and O–H groups in total. The van der Waals surface area contributed by atoms with Crippen LogP contribution in [0.3, 0.4) is 0 Å². The van der Waals surface area contributed by atoms with Gasteiger partial charge in [-0.3, -0.25) is 9.69 Å². The Bertz CT molecular complexity index is 1350.